The van der Waals surface area contributed by atoms with Crippen LogP contribution < -0.4 is 0 Å². The fourth-order valence-corrected chi connectivity index (χ4v) is 14.2. The van der Waals surface area contributed by atoms with Gasteiger partial charge in [0.25, 0.3) is 0 Å². The van der Waals surface area contributed by atoms with Gasteiger partial charge in [0.05, 0.1) is 0 Å². The summed E-state index contributed by atoms with van der Waals surface area (Å²) in [5.41, 5.74) is 0. The first-order chi connectivity index (χ1) is 21.0. The summed E-state index contributed by atoms with van der Waals surface area (Å²) in [6.45, 7) is 9.33. The van der Waals surface area contributed by atoms with Gasteiger partial charge >= 0.3 is 249 Å². The zero-order valence-corrected chi connectivity index (χ0v) is 32.6. The van der Waals surface area contributed by atoms with Gasteiger partial charge in [-0.05, 0) is 0 Å². The van der Waals surface area contributed by atoms with Gasteiger partial charge in [-0.2, -0.15) is 0 Å². The van der Waals surface area contributed by atoms with Crippen LogP contribution in [0.2, 0.25) is 0 Å². The van der Waals surface area contributed by atoms with E-state index in [0.29, 0.717) is 0 Å². The molecule has 0 radical (unpaired) electrons. The van der Waals surface area contributed by atoms with Crippen LogP contribution in [0.3, 0.4) is 0 Å². The molecule has 0 aromatic rings. The first-order valence-corrected chi connectivity index (χ1v) is 24.6. The van der Waals surface area contributed by atoms with Crippen molar-refractivity contribution in [2.45, 2.75) is 240 Å². The minimum atomic E-state index is -2.13. The van der Waals surface area contributed by atoms with E-state index in [4.69, 9.17) is 11.2 Å². The maximum absolute atomic E-state index is 8.21. The number of hydrogen-bond donors (Lipinski definition) is 0. The zero-order valence-electron chi connectivity index (χ0n) is 31.0. The van der Waals surface area contributed by atoms with Crippen molar-refractivity contribution in [1.82, 2.24) is 0 Å². The van der Waals surface area contributed by atoms with Gasteiger partial charge in [-0.25, -0.2) is 0 Å². The maximum atomic E-state index is 8.21. The second-order valence-corrected chi connectivity index (χ2v) is 23.3. The van der Waals surface area contributed by atoms with Crippen molar-refractivity contribution in [3.63, 3.8) is 0 Å². The van der Waals surface area contributed by atoms with Crippen LogP contribution in [0.5, 0.6) is 0 Å². The van der Waals surface area contributed by atoms with E-state index in [-0.39, 0.29) is 0 Å². The Morgan fingerprint density at radius 3 is 0.535 bits per heavy atom. The molecule has 0 N–H and O–H groups in total. The molecule has 0 spiro atoms. The Bertz CT molecular complexity index is 488. The average molecular weight is 646 g/mol. The SMILES string of the molecule is CCCCCCCCCCCCCCCCCP(Cl)(CCCCCCCC)(CCCCCCCC)CCCCCCCC. The van der Waals surface area contributed by atoms with Gasteiger partial charge in [-0.15, -0.1) is 0 Å². The molecule has 0 amide bonds. The van der Waals surface area contributed by atoms with Crippen molar-refractivity contribution in [1.29, 1.82) is 0 Å². The molecular weight excluding hydrogens is 559 g/mol. The van der Waals surface area contributed by atoms with E-state index in [2.05, 4.69) is 27.7 Å². The number of hydrogen-bond acceptors (Lipinski definition) is 0. The second kappa shape index (κ2) is 32.7. The van der Waals surface area contributed by atoms with Gasteiger partial charge in [0.15, 0.2) is 0 Å². The molecule has 0 fully saturated rings. The van der Waals surface area contributed by atoms with Gasteiger partial charge in [0.1, 0.15) is 0 Å². The molecule has 0 heterocycles. The number of halogens is 1. The topological polar surface area (TPSA) is 0 Å². The fraction of sp³-hybridized carbons (Fsp3) is 1.00. The quantitative estimate of drug-likeness (QED) is 0.0466. The molecule has 262 valence electrons. The Balaban J connectivity index is 4.68. The van der Waals surface area contributed by atoms with Crippen LogP contribution in [0.15, 0.2) is 0 Å². The van der Waals surface area contributed by atoms with Crippen molar-refractivity contribution >= 4 is 17.2 Å². The van der Waals surface area contributed by atoms with E-state index in [9.17, 15) is 0 Å². The molecule has 0 rings (SSSR count). The third-order valence-corrected chi connectivity index (χ3v) is 18.3. The molecule has 0 nitrogen and oxygen atoms in total. The Labute approximate surface area is 280 Å². The third-order valence-electron chi connectivity index (χ3n) is 10.5. The van der Waals surface area contributed by atoms with E-state index in [1.165, 1.54) is 237 Å². The summed E-state index contributed by atoms with van der Waals surface area (Å²) in [6.07, 6.45) is 52.9. The predicted octanol–water partition coefficient (Wildman–Crippen LogP) is 16.6. The molecule has 0 aromatic heterocycles. The van der Waals surface area contributed by atoms with Crippen molar-refractivity contribution in [2.24, 2.45) is 0 Å². The molecule has 0 atom stereocenters. The van der Waals surface area contributed by atoms with Crippen molar-refractivity contribution in [3.05, 3.63) is 0 Å². The molecule has 0 saturated heterocycles. The van der Waals surface area contributed by atoms with E-state index < -0.39 is 5.96 Å². The van der Waals surface area contributed by atoms with Crippen LogP contribution >= 0.6 is 17.2 Å². The fourth-order valence-electron chi connectivity index (χ4n) is 7.41. The van der Waals surface area contributed by atoms with Gasteiger partial charge in [0.2, 0.25) is 0 Å². The molecule has 0 bridgehead atoms. The summed E-state index contributed by atoms with van der Waals surface area (Å²) >= 11 is 8.21. The van der Waals surface area contributed by atoms with Crippen LogP contribution in [0.4, 0.5) is 0 Å². The molecular formula is C41H86ClP. The van der Waals surface area contributed by atoms with Gasteiger partial charge in [0, 0.05) is 0 Å². The van der Waals surface area contributed by atoms with Crippen molar-refractivity contribution in [3.8, 4) is 0 Å². The summed E-state index contributed by atoms with van der Waals surface area (Å²) < 4.78 is 0. The summed E-state index contributed by atoms with van der Waals surface area (Å²) in [6, 6.07) is 0. The van der Waals surface area contributed by atoms with E-state index in [1.54, 1.807) is 0 Å². The van der Waals surface area contributed by atoms with Crippen molar-refractivity contribution in [2.75, 3.05) is 24.6 Å². The zero-order chi connectivity index (χ0) is 31.6. The van der Waals surface area contributed by atoms with Gasteiger partial charge in [-0.1, -0.05) is 32.6 Å². The average Bonchev–Trinajstić information content (AvgIpc) is 3.01. The monoisotopic (exact) mass is 645 g/mol. The van der Waals surface area contributed by atoms with Crippen LogP contribution in [0.25, 0.3) is 0 Å². The van der Waals surface area contributed by atoms with Crippen LogP contribution in [-0.2, 0) is 0 Å². The van der Waals surface area contributed by atoms with Gasteiger partial charge < -0.3 is 0 Å². The molecule has 0 saturated carbocycles. The Kier molecular flexibility index (Phi) is 33.2. The molecule has 0 aliphatic heterocycles. The Morgan fingerprint density at radius 2 is 0.372 bits per heavy atom. The molecule has 0 aliphatic rings. The summed E-state index contributed by atoms with van der Waals surface area (Å²) in [5.74, 6) is -2.13. The number of rotatable bonds is 37. The molecule has 0 aromatic carbocycles. The van der Waals surface area contributed by atoms with Crippen LogP contribution in [0.1, 0.15) is 240 Å². The van der Waals surface area contributed by atoms with E-state index in [1.807, 2.05) is 0 Å². The first-order valence-electron chi connectivity index (χ1n) is 20.8. The molecule has 43 heavy (non-hydrogen) atoms. The van der Waals surface area contributed by atoms with Crippen LogP contribution in [0, 0.1) is 0 Å². The van der Waals surface area contributed by atoms with E-state index in [0.717, 1.165) is 0 Å². The summed E-state index contributed by atoms with van der Waals surface area (Å²) in [4.78, 5) is 0. The molecule has 2 heteroatoms. The third kappa shape index (κ3) is 28.7. The second-order valence-electron chi connectivity index (χ2n) is 15.0. The molecule has 0 unspecified atom stereocenters. The first kappa shape index (κ1) is 43.7. The summed E-state index contributed by atoms with van der Waals surface area (Å²) in [5, 5.41) is 0. The van der Waals surface area contributed by atoms with Crippen LogP contribution in [-0.4, -0.2) is 24.6 Å². The Morgan fingerprint density at radius 1 is 0.233 bits per heavy atom. The normalized spacial score (nSPS) is 13.0. The Hall–Kier alpha value is 0.720. The number of unbranched alkanes of at least 4 members (excludes halogenated alkanes) is 29. The van der Waals surface area contributed by atoms with E-state index >= 15 is 0 Å². The predicted molar refractivity (Wildman–Crippen MR) is 207 cm³/mol. The molecule has 0 aliphatic carbocycles. The standard InChI is InChI=1S/C41H86ClP/c1-5-9-13-17-21-22-23-24-25-26-27-28-29-33-37-41-43(42,38-34-30-18-14-10-6-2,39-35-31-19-15-11-7-3)40-36-32-20-16-12-8-4/h5-41H2,1-4H3. The van der Waals surface area contributed by atoms with Gasteiger partial charge in [-0.3, -0.25) is 0 Å². The summed E-state index contributed by atoms with van der Waals surface area (Å²) in [7, 11) is 0. The van der Waals surface area contributed by atoms with Crippen molar-refractivity contribution < 1.29 is 0 Å². The minimum absolute atomic E-state index is 1.35.